The number of morpholine rings is 1. The van der Waals surface area contributed by atoms with Crippen molar-refractivity contribution in [2.45, 2.75) is 43.4 Å². The van der Waals surface area contributed by atoms with E-state index in [0.29, 0.717) is 45.7 Å². The largest absolute Gasteiger partial charge is 0.461 e. The van der Waals surface area contributed by atoms with Gasteiger partial charge in [-0.1, -0.05) is 31.1 Å². The predicted molar refractivity (Wildman–Crippen MR) is 129 cm³/mol. The van der Waals surface area contributed by atoms with E-state index in [9.17, 15) is 14.4 Å². The second-order valence-electron chi connectivity index (χ2n) is 10.2. The summed E-state index contributed by atoms with van der Waals surface area (Å²) >= 11 is 0. The van der Waals surface area contributed by atoms with Crippen LogP contribution in [0.1, 0.15) is 25.7 Å². The number of carbonyl (C=O) groups is 3. The molecule has 0 aromatic carbocycles. The average molecular weight is 504 g/mol. The summed E-state index contributed by atoms with van der Waals surface area (Å²) in [6.07, 6.45) is 9.87. The van der Waals surface area contributed by atoms with Crippen molar-refractivity contribution in [3.05, 3.63) is 24.3 Å². The van der Waals surface area contributed by atoms with Crippen molar-refractivity contribution in [3.8, 4) is 0 Å². The monoisotopic (exact) mass is 503 g/mol. The molecule has 3 fully saturated rings. The number of likely N-dealkylation sites (tertiary alicyclic amines) is 1. The number of nitrogens with zero attached hydrogens (tertiary/aromatic N) is 3. The number of cyclic esters (lactones) is 1. The first kappa shape index (κ1) is 25.4. The minimum Gasteiger partial charge on any atom is -0.461 e. The third kappa shape index (κ3) is 4.60. The number of hydrogen-bond donors (Lipinski definition) is 1. The molecule has 0 aliphatic carbocycles. The van der Waals surface area contributed by atoms with Crippen molar-refractivity contribution in [1.82, 2.24) is 14.7 Å². The third-order valence-corrected chi connectivity index (χ3v) is 8.09. The molecular weight excluding hydrogens is 466 g/mol. The molecule has 5 aliphatic heterocycles. The zero-order valence-corrected chi connectivity index (χ0v) is 20.8. The second-order valence-corrected chi connectivity index (χ2v) is 10.2. The Balaban J connectivity index is 1.41. The van der Waals surface area contributed by atoms with Gasteiger partial charge in [0.25, 0.3) is 0 Å². The fourth-order valence-corrected chi connectivity index (χ4v) is 6.29. The summed E-state index contributed by atoms with van der Waals surface area (Å²) < 4.78 is 17.3. The summed E-state index contributed by atoms with van der Waals surface area (Å²) in [7, 11) is 0. The van der Waals surface area contributed by atoms with Crippen LogP contribution in [-0.4, -0.2) is 121 Å². The molecule has 2 amide bonds. The van der Waals surface area contributed by atoms with Crippen LogP contribution >= 0.6 is 0 Å². The molecule has 0 bridgehead atoms. The number of esters is 1. The molecule has 1 N–H and O–H groups in total. The van der Waals surface area contributed by atoms with E-state index >= 15 is 0 Å². The predicted octanol–water partition coefficient (Wildman–Crippen LogP) is -0.0365. The lowest BCUT2D eigenvalue weighted by Gasteiger charge is -2.36. The van der Waals surface area contributed by atoms with Crippen LogP contribution in [0.4, 0.5) is 0 Å². The summed E-state index contributed by atoms with van der Waals surface area (Å²) in [5, 5.41) is 9.08. The number of hydrogen-bond acceptors (Lipinski definition) is 8. The van der Waals surface area contributed by atoms with Gasteiger partial charge < -0.3 is 29.1 Å². The van der Waals surface area contributed by atoms with Gasteiger partial charge in [-0.05, 0) is 18.9 Å². The SMILES string of the molecule is O=C1OCC=C[C@@H]2O[C@]34C=CCN(CCN5CCOCC5)C(=O)C3N(CCCCCCO)C(=O)[C@@H]4[C@H]12. The number of fused-ring (bicyclic) bond motifs is 2. The molecule has 5 rings (SSSR count). The molecule has 3 saturated heterocycles. The summed E-state index contributed by atoms with van der Waals surface area (Å²) in [6, 6.07) is -0.815. The Morgan fingerprint density at radius 1 is 0.972 bits per heavy atom. The fraction of sp³-hybridized carbons (Fsp3) is 0.731. The van der Waals surface area contributed by atoms with E-state index in [1.54, 1.807) is 17.1 Å². The Bertz CT molecular complexity index is 902. The first-order valence-electron chi connectivity index (χ1n) is 13.3. The van der Waals surface area contributed by atoms with Gasteiger partial charge in [-0.25, -0.2) is 0 Å². The van der Waals surface area contributed by atoms with E-state index in [-0.39, 0.29) is 25.0 Å². The van der Waals surface area contributed by atoms with Crippen LogP contribution in [0.3, 0.4) is 0 Å². The maximum Gasteiger partial charge on any atom is 0.313 e. The average Bonchev–Trinajstić information content (AvgIpc) is 3.18. The smallest absolute Gasteiger partial charge is 0.313 e. The Morgan fingerprint density at radius 3 is 2.58 bits per heavy atom. The number of ether oxygens (including phenoxy) is 3. The lowest BCUT2D eigenvalue weighted by atomic mass is 9.78. The van der Waals surface area contributed by atoms with Crippen molar-refractivity contribution in [1.29, 1.82) is 0 Å². The lowest BCUT2D eigenvalue weighted by molar-refractivity contribution is -0.153. The lowest BCUT2D eigenvalue weighted by Crippen LogP contribution is -2.56. The van der Waals surface area contributed by atoms with Gasteiger partial charge in [0.1, 0.15) is 24.2 Å². The van der Waals surface area contributed by atoms with Crippen molar-refractivity contribution < 1.29 is 33.7 Å². The van der Waals surface area contributed by atoms with Gasteiger partial charge in [-0.2, -0.15) is 0 Å². The Hall–Kier alpha value is -2.27. The Morgan fingerprint density at radius 2 is 1.78 bits per heavy atom. The molecule has 0 aromatic rings. The number of aliphatic hydroxyl groups is 1. The molecule has 5 heterocycles. The van der Waals surface area contributed by atoms with Gasteiger partial charge >= 0.3 is 5.97 Å². The van der Waals surface area contributed by atoms with E-state index in [1.807, 2.05) is 17.1 Å². The Labute approximate surface area is 211 Å². The second kappa shape index (κ2) is 11.0. The minimum absolute atomic E-state index is 0.131. The molecule has 1 unspecified atom stereocenters. The van der Waals surface area contributed by atoms with Crippen molar-refractivity contribution in [3.63, 3.8) is 0 Å². The maximum absolute atomic E-state index is 14.1. The highest BCUT2D eigenvalue weighted by Gasteiger charge is 2.71. The maximum atomic E-state index is 14.1. The van der Waals surface area contributed by atoms with Crippen LogP contribution in [0.25, 0.3) is 0 Å². The van der Waals surface area contributed by atoms with Crippen LogP contribution in [0.5, 0.6) is 0 Å². The molecule has 5 atom stereocenters. The van der Waals surface area contributed by atoms with E-state index in [0.717, 1.165) is 32.5 Å². The standard InChI is InChI=1S/C26H37N3O7/c30-15-4-2-1-3-10-29-22-24(32)28(12-11-27-13-17-34-18-14-27)9-6-8-26(22)21(23(29)31)20-19(36-26)7-5-16-35-25(20)33/h5-8,19-22,30H,1-4,9-18H2/t19-,20+,21-,22?,26-/m0/s1. The van der Waals surface area contributed by atoms with Gasteiger partial charge in [0.15, 0.2) is 0 Å². The fourth-order valence-electron chi connectivity index (χ4n) is 6.29. The van der Waals surface area contributed by atoms with Crippen LogP contribution in [0.2, 0.25) is 0 Å². The van der Waals surface area contributed by atoms with Gasteiger partial charge in [-0.3, -0.25) is 19.3 Å². The van der Waals surface area contributed by atoms with Crippen molar-refractivity contribution in [2.24, 2.45) is 11.8 Å². The number of aliphatic hydroxyl groups excluding tert-OH is 1. The van der Waals surface area contributed by atoms with E-state index in [2.05, 4.69) is 4.90 Å². The van der Waals surface area contributed by atoms with Gasteiger partial charge in [-0.15, -0.1) is 0 Å². The van der Waals surface area contributed by atoms with Gasteiger partial charge in [0.2, 0.25) is 11.8 Å². The van der Waals surface area contributed by atoms with Crippen LogP contribution in [0.15, 0.2) is 24.3 Å². The molecule has 10 nitrogen and oxygen atoms in total. The summed E-state index contributed by atoms with van der Waals surface area (Å²) in [5.41, 5.74) is -1.19. The number of rotatable bonds is 9. The number of carbonyl (C=O) groups excluding carboxylic acids is 3. The quantitative estimate of drug-likeness (QED) is 0.265. The molecule has 198 valence electrons. The first-order chi connectivity index (χ1) is 17.6. The van der Waals surface area contributed by atoms with Crippen LogP contribution in [0, 0.1) is 11.8 Å². The van der Waals surface area contributed by atoms with Gasteiger partial charge in [0.05, 0.1) is 25.2 Å². The minimum atomic E-state index is -1.19. The molecule has 0 aromatic heterocycles. The molecule has 36 heavy (non-hydrogen) atoms. The Kier molecular flexibility index (Phi) is 7.76. The number of amides is 2. The van der Waals surface area contributed by atoms with Gasteiger partial charge in [0, 0.05) is 45.9 Å². The summed E-state index contributed by atoms with van der Waals surface area (Å²) in [6.45, 7) is 5.51. The summed E-state index contributed by atoms with van der Waals surface area (Å²) in [5.74, 6) is -2.35. The van der Waals surface area contributed by atoms with Crippen molar-refractivity contribution >= 4 is 17.8 Å². The topological polar surface area (TPSA) is 109 Å². The highest BCUT2D eigenvalue weighted by atomic mass is 16.6. The van der Waals surface area contributed by atoms with Crippen molar-refractivity contribution in [2.75, 3.05) is 65.7 Å². The van der Waals surface area contributed by atoms with Crippen LogP contribution < -0.4 is 0 Å². The normalized spacial score (nSPS) is 34.3. The molecule has 0 radical (unpaired) electrons. The zero-order chi connectivity index (χ0) is 25.1. The molecule has 5 aliphatic rings. The van der Waals surface area contributed by atoms with Crippen LogP contribution in [-0.2, 0) is 28.6 Å². The summed E-state index contributed by atoms with van der Waals surface area (Å²) in [4.78, 5) is 46.7. The molecular formula is C26H37N3O7. The molecule has 10 heteroatoms. The third-order valence-electron chi connectivity index (χ3n) is 8.09. The molecule has 1 spiro atoms. The highest BCUT2D eigenvalue weighted by Crippen LogP contribution is 2.53. The van der Waals surface area contributed by atoms with E-state index in [1.165, 1.54) is 0 Å². The zero-order valence-electron chi connectivity index (χ0n) is 20.8. The first-order valence-corrected chi connectivity index (χ1v) is 13.3. The molecule has 0 saturated carbocycles. The highest BCUT2D eigenvalue weighted by molar-refractivity contribution is 5.99. The van der Waals surface area contributed by atoms with E-state index in [4.69, 9.17) is 19.3 Å². The van der Waals surface area contributed by atoms with E-state index < -0.39 is 35.6 Å². The number of unbranched alkanes of at least 4 members (excludes halogenated alkanes) is 3.